The number of hydrogen-bond donors (Lipinski definition) is 1. The van der Waals surface area contributed by atoms with Crippen molar-refractivity contribution in [3.05, 3.63) is 45.7 Å². The van der Waals surface area contributed by atoms with Crippen LogP contribution in [0, 0.1) is 6.92 Å². The third-order valence-electron chi connectivity index (χ3n) is 3.13. The highest BCUT2D eigenvalue weighted by Crippen LogP contribution is 2.27. The maximum Gasteiger partial charge on any atom is 0.122 e. The molecule has 2 N–H and O–H groups in total. The van der Waals surface area contributed by atoms with E-state index in [9.17, 15) is 0 Å². The molecule has 1 heterocycles. The molecule has 0 saturated carbocycles. The third kappa shape index (κ3) is 3.16. The van der Waals surface area contributed by atoms with Gasteiger partial charge in [0.2, 0.25) is 0 Å². The average Bonchev–Trinajstić information content (AvgIpc) is 2.69. The Morgan fingerprint density at radius 2 is 2.21 bits per heavy atom. The van der Waals surface area contributed by atoms with Gasteiger partial charge in [-0.1, -0.05) is 15.9 Å². The van der Waals surface area contributed by atoms with Crippen molar-refractivity contribution in [2.75, 3.05) is 7.11 Å². The van der Waals surface area contributed by atoms with E-state index in [1.165, 1.54) is 0 Å². The Labute approximate surface area is 121 Å². The predicted molar refractivity (Wildman–Crippen MR) is 79.3 cm³/mol. The Morgan fingerprint density at radius 3 is 2.79 bits per heavy atom. The Kier molecular flexibility index (Phi) is 4.27. The summed E-state index contributed by atoms with van der Waals surface area (Å²) in [5, 5.41) is 4.33. The lowest BCUT2D eigenvalue weighted by Gasteiger charge is -2.14. The summed E-state index contributed by atoms with van der Waals surface area (Å²) in [5.41, 5.74) is 9.43. The van der Waals surface area contributed by atoms with E-state index < -0.39 is 0 Å². The number of ether oxygens (including phenoxy) is 1. The summed E-state index contributed by atoms with van der Waals surface area (Å²) in [6.07, 6.45) is 2.69. The summed E-state index contributed by atoms with van der Waals surface area (Å²) < 4.78 is 8.20. The lowest BCUT2D eigenvalue weighted by molar-refractivity contribution is 0.408. The number of halogens is 1. The van der Waals surface area contributed by atoms with Crippen LogP contribution in [-0.4, -0.2) is 16.9 Å². The van der Waals surface area contributed by atoms with Crippen LogP contribution in [0.25, 0.3) is 0 Å². The Hall–Kier alpha value is -1.33. The molecule has 0 radical (unpaired) electrons. The fraction of sp³-hybridized carbons (Fsp3) is 0.357. The standard InChI is InChI=1S/C14H18BrN3O/c1-9-12(8-18(2)17-9)13(16)7-10-6-11(15)4-5-14(10)19-3/h4-6,8,13H,7,16H2,1-3H3. The van der Waals surface area contributed by atoms with Crippen molar-refractivity contribution in [2.45, 2.75) is 19.4 Å². The van der Waals surface area contributed by atoms with Crippen LogP contribution in [0.3, 0.4) is 0 Å². The fourth-order valence-electron chi connectivity index (χ4n) is 2.24. The van der Waals surface area contributed by atoms with E-state index in [1.807, 2.05) is 38.4 Å². The number of aryl methyl sites for hydroxylation is 2. The first-order valence-electron chi connectivity index (χ1n) is 6.09. The molecule has 0 fully saturated rings. The molecule has 19 heavy (non-hydrogen) atoms. The van der Waals surface area contributed by atoms with Crippen molar-refractivity contribution >= 4 is 15.9 Å². The van der Waals surface area contributed by atoms with Gasteiger partial charge in [-0.15, -0.1) is 0 Å². The summed E-state index contributed by atoms with van der Waals surface area (Å²) in [4.78, 5) is 0. The summed E-state index contributed by atoms with van der Waals surface area (Å²) in [6.45, 7) is 1.98. The van der Waals surface area contributed by atoms with Gasteiger partial charge >= 0.3 is 0 Å². The van der Waals surface area contributed by atoms with Crippen molar-refractivity contribution in [2.24, 2.45) is 12.8 Å². The normalized spacial score (nSPS) is 12.5. The monoisotopic (exact) mass is 323 g/mol. The molecule has 4 nitrogen and oxygen atoms in total. The minimum absolute atomic E-state index is 0.0862. The Bertz CT molecular complexity index is 580. The van der Waals surface area contributed by atoms with Crippen LogP contribution in [0.5, 0.6) is 5.75 Å². The number of nitrogens with two attached hydrogens (primary N) is 1. The summed E-state index contributed by atoms with van der Waals surface area (Å²) >= 11 is 3.48. The molecule has 1 aromatic carbocycles. The molecule has 0 bridgehead atoms. The molecule has 0 amide bonds. The van der Waals surface area contributed by atoms with Crippen LogP contribution in [0.1, 0.15) is 22.9 Å². The van der Waals surface area contributed by atoms with Gasteiger partial charge in [0.25, 0.3) is 0 Å². The minimum Gasteiger partial charge on any atom is -0.496 e. The SMILES string of the molecule is COc1ccc(Br)cc1CC(N)c1cn(C)nc1C. The van der Waals surface area contributed by atoms with Gasteiger partial charge in [-0.05, 0) is 37.1 Å². The number of benzene rings is 1. The van der Waals surface area contributed by atoms with Gasteiger partial charge in [0.05, 0.1) is 12.8 Å². The lowest BCUT2D eigenvalue weighted by atomic mass is 10.00. The topological polar surface area (TPSA) is 53.1 Å². The Balaban J connectivity index is 2.25. The second-order valence-electron chi connectivity index (χ2n) is 4.61. The molecule has 1 unspecified atom stereocenters. The molecule has 1 atom stereocenters. The van der Waals surface area contributed by atoms with Crippen molar-refractivity contribution in [1.82, 2.24) is 9.78 Å². The maximum absolute atomic E-state index is 6.29. The van der Waals surface area contributed by atoms with Crippen molar-refractivity contribution < 1.29 is 4.74 Å². The van der Waals surface area contributed by atoms with E-state index in [0.717, 1.165) is 33.5 Å². The molecule has 0 saturated heterocycles. The van der Waals surface area contributed by atoms with Gasteiger partial charge in [0, 0.05) is 29.3 Å². The number of methoxy groups -OCH3 is 1. The first-order chi connectivity index (χ1) is 9.01. The van der Waals surface area contributed by atoms with Gasteiger partial charge in [-0.25, -0.2) is 0 Å². The molecule has 2 aromatic rings. The number of nitrogens with zero attached hydrogens (tertiary/aromatic N) is 2. The number of hydrogen-bond acceptors (Lipinski definition) is 3. The quantitative estimate of drug-likeness (QED) is 0.941. The molecule has 0 aliphatic carbocycles. The lowest BCUT2D eigenvalue weighted by Crippen LogP contribution is -2.14. The van der Waals surface area contributed by atoms with E-state index in [1.54, 1.807) is 11.8 Å². The first kappa shape index (κ1) is 14.1. The molecular formula is C14H18BrN3O. The second-order valence-corrected chi connectivity index (χ2v) is 5.53. The van der Waals surface area contributed by atoms with Gasteiger partial charge in [0.15, 0.2) is 0 Å². The molecule has 1 aromatic heterocycles. The van der Waals surface area contributed by atoms with E-state index in [-0.39, 0.29) is 6.04 Å². The fourth-order valence-corrected chi connectivity index (χ4v) is 2.64. The highest BCUT2D eigenvalue weighted by molar-refractivity contribution is 9.10. The zero-order valence-corrected chi connectivity index (χ0v) is 12.9. The van der Waals surface area contributed by atoms with E-state index in [0.29, 0.717) is 0 Å². The highest BCUT2D eigenvalue weighted by Gasteiger charge is 2.15. The van der Waals surface area contributed by atoms with Crippen LogP contribution in [0.4, 0.5) is 0 Å². The smallest absolute Gasteiger partial charge is 0.122 e. The number of rotatable bonds is 4. The molecule has 102 valence electrons. The minimum atomic E-state index is -0.0862. The van der Waals surface area contributed by atoms with Crippen LogP contribution in [0.2, 0.25) is 0 Å². The molecule has 2 rings (SSSR count). The molecular weight excluding hydrogens is 306 g/mol. The summed E-state index contributed by atoms with van der Waals surface area (Å²) in [5.74, 6) is 0.861. The predicted octanol–water partition coefficient (Wildman–Crippen LogP) is 2.74. The van der Waals surface area contributed by atoms with Crippen molar-refractivity contribution in [3.8, 4) is 5.75 Å². The van der Waals surface area contributed by atoms with Gasteiger partial charge in [-0.3, -0.25) is 4.68 Å². The Morgan fingerprint density at radius 1 is 1.47 bits per heavy atom. The molecule has 0 spiro atoms. The third-order valence-corrected chi connectivity index (χ3v) is 3.63. The maximum atomic E-state index is 6.29. The van der Waals surface area contributed by atoms with Crippen LogP contribution < -0.4 is 10.5 Å². The average molecular weight is 324 g/mol. The second kappa shape index (κ2) is 5.75. The van der Waals surface area contributed by atoms with Crippen molar-refractivity contribution in [1.29, 1.82) is 0 Å². The zero-order valence-electron chi connectivity index (χ0n) is 11.4. The highest BCUT2D eigenvalue weighted by atomic mass is 79.9. The van der Waals surface area contributed by atoms with Gasteiger partial charge < -0.3 is 10.5 Å². The first-order valence-corrected chi connectivity index (χ1v) is 6.88. The van der Waals surface area contributed by atoms with E-state index in [2.05, 4.69) is 21.0 Å². The van der Waals surface area contributed by atoms with E-state index in [4.69, 9.17) is 10.5 Å². The van der Waals surface area contributed by atoms with Crippen molar-refractivity contribution in [3.63, 3.8) is 0 Å². The molecule has 0 aliphatic heterocycles. The molecule has 5 heteroatoms. The number of aromatic nitrogens is 2. The van der Waals surface area contributed by atoms with Crippen LogP contribution in [0.15, 0.2) is 28.9 Å². The zero-order chi connectivity index (χ0) is 14.0. The largest absolute Gasteiger partial charge is 0.496 e. The molecule has 0 aliphatic rings. The van der Waals surface area contributed by atoms with Gasteiger partial charge in [0.1, 0.15) is 5.75 Å². The van der Waals surface area contributed by atoms with Crippen LogP contribution >= 0.6 is 15.9 Å². The van der Waals surface area contributed by atoms with Gasteiger partial charge in [-0.2, -0.15) is 5.10 Å². The summed E-state index contributed by atoms with van der Waals surface area (Å²) in [7, 11) is 3.58. The summed E-state index contributed by atoms with van der Waals surface area (Å²) in [6, 6.07) is 5.87. The van der Waals surface area contributed by atoms with Crippen LogP contribution in [-0.2, 0) is 13.5 Å². The van der Waals surface area contributed by atoms with E-state index >= 15 is 0 Å².